The molecule has 2 aromatic carbocycles. The lowest BCUT2D eigenvalue weighted by molar-refractivity contribution is 0.0412. The van der Waals surface area contributed by atoms with Crippen LogP contribution in [0.3, 0.4) is 0 Å². The van der Waals surface area contributed by atoms with Crippen LogP contribution in [-0.2, 0) is 5.60 Å². The first-order valence-electron chi connectivity index (χ1n) is 8.26. The molecular formula is C19H19N3O3. The van der Waals surface area contributed by atoms with Gasteiger partial charge in [0.1, 0.15) is 5.60 Å². The zero-order chi connectivity index (χ0) is 17.6. The van der Waals surface area contributed by atoms with Crippen molar-refractivity contribution in [3.05, 3.63) is 69.6 Å². The van der Waals surface area contributed by atoms with Gasteiger partial charge in [-0.1, -0.05) is 24.3 Å². The number of aryl methyl sites for hydroxylation is 1. The lowest BCUT2D eigenvalue weighted by Gasteiger charge is -2.25. The van der Waals surface area contributed by atoms with E-state index in [4.69, 9.17) is 0 Å². The molecule has 25 heavy (non-hydrogen) atoms. The summed E-state index contributed by atoms with van der Waals surface area (Å²) in [7, 11) is 0. The highest BCUT2D eigenvalue weighted by molar-refractivity contribution is 5.97. The topological polar surface area (TPSA) is 89.2 Å². The van der Waals surface area contributed by atoms with Crippen molar-refractivity contribution >= 4 is 16.9 Å². The lowest BCUT2D eigenvalue weighted by atomic mass is 9.89. The van der Waals surface area contributed by atoms with E-state index < -0.39 is 5.60 Å². The van der Waals surface area contributed by atoms with Crippen molar-refractivity contribution in [2.75, 3.05) is 13.1 Å². The summed E-state index contributed by atoms with van der Waals surface area (Å²) in [6.07, 6.45) is 0.507. The number of hydrogen-bond acceptors (Lipinski definition) is 3. The molecule has 0 bridgehead atoms. The second-order valence-corrected chi connectivity index (χ2v) is 6.66. The number of aromatic amines is 2. The first kappa shape index (κ1) is 15.7. The van der Waals surface area contributed by atoms with Crippen molar-refractivity contribution in [2.45, 2.75) is 18.9 Å². The molecule has 0 radical (unpaired) electrons. The molecule has 1 aliphatic heterocycles. The van der Waals surface area contributed by atoms with Crippen LogP contribution in [0.2, 0.25) is 0 Å². The maximum absolute atomic E-state index is 12.8. The van der Waals surface area contributed by atoms with Gasteiger partial charge in [0.2, 0.25) is 0 Å². The summed E-state index contributed by atoms with van der Waals surface area (Å²) in [6.45, 7) is 2.72. The third-order valence-electron chi connectivity index (χ3n) is 4.94. The maximum atomic E-state index is 12.8. The smallest absolute Gasteiger partial charge is 0.323 e. The number of nitrogens with one attached hydrogen (secondary N) is 2. The van der Waals surface area contributed by atoms with Crippen molar-refractivity contribution in [1.82, 2.24) is 14.9 Å². The Labute approximate surface area is 144 Å². The van der Waals surface area contributed by atoms with Crippen LogP contribution in [0.1, 0.15) is 27.9 Å². The number of nitrogens with zero attached hydrogens (tertiary/aromatic N) is 1. The van der Waals surface area contributed by atoms with E-state index in [1.54, 1.807) is 23.1 Å². The zero-order valence-electron chi connectivity index (χ0n) is 13.9. The Balaban J connectivity index is 1.61. The Morgan fingerprint density at radius 1 is 1.16 bits per heavy atom. The number of amides is 1. The lowest BCUT2D eigenvalue weighted by Crippen LogP contribution is -2.34. The molecule has 3 N–H and O–H groups in total. The normalized spacial score (nSPS) is 20.3. The Morgan fingerprint density at radius 3 is 2.72 bits per heavy atom. The van der Waals surface area contributed by atoms with Crippen molar-refractivity contribution < 1.29 is 9.90 Å². The van der Waals surface area contributed by atoms with Crippen LogP contribution in [0.25, 0.3) is 11.0 Å². The average Bonchev–Trinajstić information content (AvgIpc) is 3.16. The molecule has 0 aliphatic carbocycles. The molecule has 6 heteroatoms. The van der Waals surface area contributed by atoms with Crippen LogP contribution in [0.4, 0.5) is 0 Å². The predicted octanol–water partition coefficient (Wildman–Crippen LogP) is 1.90. The number of rotatable bonds is 2. The van der Waals surface area contributed by atoms with Crippen molar-refractivity contribution in [2.24, 2.45) is 0 Å². The number of benzene rings is 2. The van der Waals surface area contributed by atoms with Crippen molar-refractivity contribution in [1.29, 1.82) is 0 Å². The molecule has 6 nitrogen and oxygen atoms in total. The van der Waals surface area contributed by atoms with E-state index in [0.29, 0.717) is 29.6 Å². The Kier molecular flexibility index (Phi) is 3.51. The van der Waals surface area contributed by atoms with Gasteiger partial charge in [0.05, 0.1) is 17.6 Å². The van der Waals surface area contributed by atoms with E-state index in [1.807, 2.05) is 31.2 Å². The fraction of sp³-hybridized carbons (Fsp3) is 0.263. The summed E-state index contributed by atoms with van der Waals surface area (Å²) in [5.41, 5.74) is 2.34. The number of H-pyrrole nitrogens is 2. The molecule has 2 heterocycles. The van der Waals surface area contributed by atoms with Crippen LogP contribution < -0.4 is 5.69 Å². The standard InChI is InChI=1S/C19H19N3O3/c1-12-4-2-3-5-14(12)19(25)8-9-22(11-19)17(23)13-6-7-15-16(10-13)21-18(24)20-15/h2-7,10,25H,8-9,11H2,1H3,(H2,20,21,24). The zero-order valence-corrected chi connectivity index (χ0v) is 13.9. The van der Waals surface area contributed by atoms with Crippen LogP contribution >= 0.6 is 0 Å². The van der Waals surface area contributed by atoms with Crippen LogP contribution in [0, 0.1) is 6.92 Å². The Morgan fingerprint density at radius 2 is 1.92 bits per heavy atom. The number of hydrogen-bond donors (Lipinski definition) is 3. The predicted molar refractivity (Wildman–Crippen MR) is 94.5 cm³/mol. The van der Waals surface area contributed by atoms with Gasteiger partial charge in [0.15, 0.2) is 0 Å². The minimum Gasteiger partial charge on any atom is -0.383 e. The largest absolute Gasteiger partial charge is 0.383 e. The number of β-amino-alcohol motifs (C(OH)–C–C–N with tert-alkyl or cyclic N) is 1. The number of fused-ring (bicyclic) bond motifs is 1. The van der Waals surface area contributed by atoms with Gasteiger partial charge in [0.25, 0.3) is 5.91 Å². The van der Waals surface area contributed by atoms with Crippen LogP contribution in [-0.4, -0.2) is 39.0 Å². The van der Waals surface area contributed by atoms with Gasteiger partial charge in [0, 0.05) is 12.1 Å². The molecule has 4 rings (SSSR count). The minimum absolute atomic E-state index is 0.145. The Bertz CT molecular complexity index is 1020. The maximum Gasteiger partial charge on any atom is 0.323 e. The summed E-state index contributed by atoms with van der Waals surface area (Å²) >= 11 is 0. The Hall–Kier alpha value is -2.86. The van der Waals surface area contributed by atoms with E-state index in [0.717, 1.165) is 11.1 Å². The second-order valence-electron chi connectivity index (χ2n) is 6.66. The van der Waals surface area contributed by atoms with Gasteiger partial charge in [-0.25, -0.2) is 4.79 Å². The van der Waals surface area contributed by atoms with E-state index in [-0.39, 0.29) is 18.1 Å². The number of likely N-dealkylation sites (tertiary alicyclic amines) is 1. The number of aliphatic hydroxyl groups is 1. The first-order chi connectivity index (χ1) is 12.0. The van der Waals surface area contributed by atoms with Gasteiger partial charge in [-0.05, 0) is 42.7 Å². The van der Waals surface area contributed by atoms with Gasteiger partial charge in [-0.3, -0.25) is 4.79 Å². The van der Waals surface area contributed by atoms with Gasteiger partial charge < -0.3 is 20.0 Å². The molecular weight excluding hydrogens is 318 g/mol. The van der Waals surface area contributed by atoms with Crippen molar-refractivity contribution in [3.63, 3.8) is 0 Å². The van der Waals surface area contributed by atoms with E-state index in [2.05, 4.69) is 9.97 Å². The first-order valence-corrected chi connectivity index (χ1v) is 8.26. The summed E-state index contributed by atoms with van der Waals surface area (Å²) in [6, 6.07) is 12.8. The minimum atomic E-state index is -1.02. The highest BCUT2D eigenvalue weighted by Gasteiger charge is 2.40. The van der Waals surface area contributed by atoms with Gasteiger partial charge in [-0.15, -0.1) is 0 Å². The number of imidazole rings is 1. The summed E-state index contributed by atoms with van der Waals surface area (Å²) in [5.74, 6) is -0.145. The molecule has 0 spiro atoms. The number of aromatic nitrogens is 2. The van der Waals surface area contributed by atoms with Gasteiger partial charge in [-0.2, -0.15) is 0 Å². The molecule has 1 unspecified atom stereocenters. The molecule has 1 saturated heterocycles. The van der Waals surface area contributed by atoms with Crippen LogP contribution in [0.15, 0.2) is 47.3 Å². The van der Waals surface area contributed by atoms with Crippen molar-refractivity contribution in [3.8, 4) is 0 Å². The summed E-state index contributed by atoms with van der Waals surface area (Å²) < 4.78 is 0. The third-order valence-corrected chi connectivity index (χ3v) is 4.94. The molecule has 128 valence electrons. The third kappa shape index (κ3) is 2.64. The molecule has 0 saturated carbocycles. The van der Waals surface area contributed by atoms with E-state index in [1.165, 1.54) is 0 Å². The molecule has 3 aromatic rings. The molecule has 1 atom stereocenters. The molecule has 1 aliphatic rings. The fourth-order valence-corrected chi connectivity index (χ4v) is 3.63. The SMILES string of the molecule is Cc1ccccc1C1(O)CCN(C(=O)c2ccc3[nH]c(=O)[nH]c3c2)C1. The highest BCUT2D eigenvalue weighted by atomic mass is 16.3. The molecule has 1 amide bonds. The number of carbonyl (C=O) groups is 1. The fourth-order valence-electron chi connectivity index (χ4n) is 3.63. The average molecular weight is 337 g/mol. The van der Waals surface area contributed by atoms with Crippen LogP contribution in [0.5, 0.6) is 0 Å². The van der Waals surface area contributed by atoms with Gasteiger partial charge >= 0.3 is 5.69 Å². The van der Waals surface area contributed by atoms with E-state index in [9.17, 15) is 14.7 Å². The quantitative estimate of drug-likeness (QED) is 0.667. The number of carbonyl (C=O) groups excluding carboxylic acids is 1. The summed E-state index contributed by atoms with van der Waals surface area (Å²) in [5, 5.41) is 11.0. The molecule has 1 fully saturated rings. The molecule has 1 aromatic heterocycles. The second kappa shape index (κ2) is 5.60. The highest BCUT2D eigenvalue weighted by Crippen LogP contribution is 2.34. The monoisotopic (exact) mass is 337 g/mol. The van der Waals surface area contributed by atoms with E-state index >= 15 is 0 Å². The summed E-state index contributed by atoms with van der Waals surface area (Å²) in [4.78, 5) is 31.2.